The van der Waals surface area contributed by atoms with Gasteiger partial charge in [-0.2, -0.15) is 0 Å². The monoisotopic (exact) mass is 412 g/mol. The third kappa shape index (κ3) is 9.46. The topological polar surface area (TPSA) is 125 Å². The van der Waals surface area contributed by atoms with Crippen LogP contribution in [0.2, 0.25) is 0 Å². The Hall–Kier alpha value is -1.68. The van der Waals surface area contributed by atoms with E-state index in [0.29, 0.717) is 0 Å². The molecule has 4 atom stereocenters. The highest BCUT2D eigenvalue weighted by atomic mass is 79.9. The quantitative estimate of drug-likeness (QED) is 0.326. The zero-order valence-electron chi connectivity index (χ0n) is 13.8. The molecule has 1 N–H and O–H groups in total. The highest BCUT2D eigenvalue weighted by Gasteiger charge is 2.40. The van der Waals surface area contributed by atoms with Crippen molar-refractivity contribution in [2.75, 3.05) is 6.61 Å². The lowest BCUT2D eigenvalue weighted by molar-refractivity contribution is -0.189. The molecule has 0 aromatic rings. The fourth-order valence-corrected chi connectivity index (χ4v) is 2.25. The van der Waals surface area contributed by atoms with E-state index in [-0.39, 0.29) is 13.0 Å². The summed E-state index contributed by atoms with van der Waals surface area (Å²) in [5.74, 6) is -2.71. The highest BCUT2D eigenvalue weighted by Crippen LogP contribution is 2.22. The van der Waals surface area contributed by atoms with Crippen molar-refractivity contribution in [2.45, 2.75) is 57.4 Å². The lowest BCUT2D eigenvalue weighted by Gasteiger charge is -2.32. The first-order chi connectivity index (χ1) is 11.0. The number of halogens is 1. The Morgan fingerprint density at radius 1 is 0.833 bits per heavy atom. The van der Waals surface area contributed by atoms with Crippen LogP contribution in [-0.2, 0) is 38.1 Å². The molecule has 0 saturated carbocycles. The Morgan fingerprint density at radius 3 is 1.67 bits per heavy atom. The number of esters is 4. The number of carbonyl (C=O) groups excluding carboxylic acids is 4. The molecule has 0 saturated heterocycles. The fraction of sp³-hybridized carbons (Fsp3) is 0.714. The van der Waals surface area contributed by atoms with Gasteiger partial charge in [0.05, 0.1) is 6.61 Å². The van der Waals surface area contributed by atoms with E-state index in [1.54, 1.807) is 0 Å². The van der Waals surface area contributed by atoms with Crippen molar-refractivity contribution in [1.29, 1.82) is 0 Å². The van der Waals surface area contributed by atoms with E-state index in [2.05, 4.69) is 15.9 Å². The van der Waals surface area contributed by atoms with Gasteiger partial charge in [-0.05, 0) is 0 Å². The van der Waals surface area contributed by atoms with Gasteiger partial charge in [-0.1, -0.05) is 15.9 Å². The van der Waals surface area contributed by atoms with Gasteiger partial charge in [0.1, 0.15) is 11.1 Å². The Bertz CT molecular complexity index is 463. The van der Waals surface area contributed by atoms with Crippen LogP contribution in [0, 0.1) is 0 Å². The van der Waals surface area contributed by atoms with Gasteiger partial charge in [-0.15, -0.1) is 0 Å². The molecule has 0 bridgehead atoms. The molecule has 10 heteroatoms. The summed E-state index contributed by atoms with van der Waals surface area (Å²) in [6, 6.07) is 0. The Kier molecular flexibility index (Phi) is 10.2. The van der Waals surface area contributed by atoms with E-state index in [1.165, 1.54) is 6.92 Å². The van der Waals surface area contributed by atoms with Crippen LogP contribution in [0.15, 0.2) is 0 Å². The molecule has 0 aromatic carbocycles. The molecule has 24 heavy (non-hydrogen) atoms. The van der Waals surface area contributed by atoms with E-state index in [9.17, 15) is 24.3 Å². The smallest absolute Gasteiger partial charge is 0.303 e. The van der Waals surface area contributed by atoms with Gasteiger partial charge in [0.2, 0.25) is 0 Å². The van der Waals surface area contributed by atoms with Crippen LogP contribution >= 0.6 is 15.9 Å². The molecule has 0 aliphatic rings. The van der Waals surface area contributed by atoms with Crippen molar-refractivity contribution in [3.8, 4) is 0 Å². The van der Waals surface area contributed by atoms with Crippen LogP contribution in [0.5, 0.6) is 0 Å². The summed E-state index contributed by atoms with van der Waals surface area (Å²) in [4.78, 5) is 44.7. The summed E-state index contributed by atoms with van der Waals surface area (Å²) in [6.07, 6.45) is -3.79. The van der Waals surface area contributed by atoms with Crippen LogP contribution < -0.4 is 0 Å². The second kappa shape index (κ2) is 11.0. The van der Waals surface area contributed by atoms with Crippen molar-refractivity contribution in [3.63, 3.8) is 0 Å². The molecule has 9 nitrogen and oxygen atoms in total. The first-order valence-electron chi connectivity index (χ1n) is 7.01. The SMILES string of the molecule is CC(=O)OCCC(OC(C)=O)C(OC(C)=O)C(OC(C)=O)C(O)Br. The van der Waals surface area contributed by atoms with E-state index >= 15 is 0 Å². The fourth-order valence-electron chi connectivity index (χ4n) is 1.84. The molecular weight excluding hydrogens is 392 g/mol. The second-order valence-corrected chi connectivity index (χ2v) is 5.74. The van der Waals surface area contributed by atoms with Crippen molar-refractivity contribution >= 4 is 39.8 Å². The van der Waals surface area contributed by atoms with Crippen LogP contribution in [0.4, 0.5) is 0 Å². The molecule has 0 aliphatic heterocycles. The maximum Gasteiger partial charge on any atom is 0.303 e. The molecular formula is C14H21BrO9. The average Bonchev–Trinajstić information content (AvgIpc) is 2.40. The van der Waals surface area contributed by atoms with E-state index in [4.69, 9.17) is 18.9 Å². The molecule has 0 amide bonds. The second-order valence-electron chi connectivity index (χ2n) is 4.80. The van der Waals surface area contributed by atoms with Crippen LogP contribution in [-0.4, -0.2) is 58.9 Å². The van der Waals surface area contributed by atoms with Crippen molar-refractivity contribution in [1.82, 2.24) is 0 Å². The number of carbonyl (C=O) groups is 4. The standard InChI is InChI=1S/C14H21BrO9/c1-7(16)21-6-5-11(22-8(2)17)12(23-9(3)18)13(14(15)20)24-10(4)19/h11-14,20H,5-6H2,1-4H3. The molecule has 0 spiro atoms. The zero-order chi connectivity index (χ0) is 18.9. The summed E-state index contributed by atoms with van der Waals surface area (Å²) >= 11 is 2.85. The third-order valence-corrected chi connectivity index (χ3v) is 3.11. The summed E-state index contributed by atoms with van der Waals surface area (Å²) in [5, 5.41) is 8.37. The minimum atomic E-state index is -1.39. The van der Waals surface area contributed by atoms with Gasteiger partial charge in [0.25, 0.3) is 0 Å². The van der Waals surface area contributed by atoms with Crippen LogP contribution in [0.1, 0.15) is 34.1 Å². The van der Waals surface area contributed by atoms with Crippen LogP contribution in [0.25, 0.3) is 0 Å². The number of ether oxygens (including phenoxy) is 4. The number of aliphatic hydroxyl groups excluding tert-OH is 1. The van der Waals surface area contributed by atoms with E-state index < -0.39 is 47.2 Å². The molecule has 0 aliphatic carbocycles. The van der Waals surface area contributed by atoms with E-state index in [1.807, 2.05) is 0 Å². The Balaban J connectivity index is 5.43. The van der Waals surface area contributed by atoms with Gasteiger partial charge in [-0.25, -0.2) is 0 Å². The lowest BCUT2D eigenvalue weighted by atomic mass is 10.0. The third-order valence-electron chi connectivity index (χ3n) is 2.59. The van der Waals surface area contributed by atoms with Gasteiger partial charge < -0.3 is 24.1 Å². The van der Waals surface area contributed by atoms with Crippen molar-refractivity contribution < 1.29 is 43.2 Å². The zero-order valence-corrected chi connectivity index (χ0v) is 15.4. The molecule has 0 fully saturated rings. The minimum absolute atomic E-state index is 0.0331. The first-order valence-corrected chi connectivity index (χ1v) is 7.93. The predicted molar refractivity (Wildman–Crippen MR) is 82.8 cm³/mol. The number of hydrogen-bond acceptors (Lipinski definition) is 9. The van der Waals surface area contributed by atoms with Gasteiger partial charge >= 0.3 is 23.9 Å². The number of aliphatic hydroxyl groups is 1. The van der Waals surface area contributed by atoms with Crippen molar-refractivity contribution in [3.05, 3.63) is 0 Å². The molecule has 0 radical (unpaired) electrons. The summed E-state index contributed by atoms with van der Waals surface area (Å²) < 4.78 is 19.9. The first kappa shape index (κ1) is 22.3. The molecule has 0 rings (SSSR count). The molecule has 138 valence electrons. The lowest BCUT2D eigenvalue weighted by Crippen LogP contribution is -2.49. The normalized spacial score (nSPS) is 15.4. The van der Waals surface area contributed by atoms with Gasteiger partial charge in [0, 0.05) is 34.1 Å². The number of rotatable bonds is 9. The molecule has 4 unspecified atom stereocenters. The van der Waals surface area contributed by atoms with E-state index in [0.717, 1.165) is 20.8 Å². The minimum Gasteiger partial charge on any atom is -0.466 e. The predicted octanol–water partition coefficient (Wildman–Crippen LogP) is 0.448. The van der Waals surface area contributed by atoms with Gasteiger partial charge in [0.15, 0.2) is 12.2 Å². The average molecular weight is 413 g/mol. The summed E-state index contributed by atoms with van der Waals surface area (Å²) in [7, 11) is 0. The molecule has 0 heterocycles. The van der Waals surface area contributed by atoms with Gasteiger partial charge in [-0.3, -0.25) is 19.2 Å². The van der Waals surface area contributed by atoms with Crippen molar-refractivity contribution in [2.24, 2.45) is 0 Å². The maximum atomic E-state index is 11.4. The summed E-state index contributed by atoms with van der Waals surface area (Å²) in [6.45, 7) is 4.42. The number of hydrogen-bond donors (Lipinski definition) is 1. The highest BCUT2D eigenvalue weighted by molar-refractivity contribution is 9.09. The Labute approximate surface area is 147 Å². The molecule has 0 aromatic heterocycles. The largest absolute Gasteiger partial charge is 0.466 e. The maximum absolute atomic E-state index is 11.4. The summed E-state index contributed by atoms with van der Waals surface area (Å²) in [5.41, 5.74) is 0. The van der Waals surface area contributed by atoms with Crippen LogP contribution in [0.3, 0.4) is 0 Å². The number of alkyl halides is 1. The Morgan fingerprint density at radius 2 is 1.29 bits per heavy atom.